The van der Waals surface area contributed by atoms with E-state index >= 15 is 0 Å². The van der Waals surface area contributed by atoms with Gasteiger partial charge in [-0.15, -0.1) is 10.2 Å². The van der Waals surface area contributed by atoms with E-state index in [0.717, 1.165) is 11.4 Å². The lowest BCUT2D eigenvalue weighted by Gasteiger charge is -2.32. The van der Waals surface area contributed by atoms with Crippen LogP contribution in [0.15, 0.2) is 53.2 Å². The third-order valence-electron chi connectivity index (χ3n) is 5.94. The van der Waals surface area contributed by atoms with Gasteiger partial charge in [-0.05, 0) is 37.3 Å². The Labute approximate surface area is 196 Å². The molecule has 5 aromatic heterocycles. The summed E-state index contributed by atoms with van der Waals surface area (Å²) in [6.45, 7) is 2.15. The highest BCUT2D eigenvalue weighted by atomic mass is 19.3. The summed E-state index contributed by atoms with van der Waals surface area (Å²) in [6.07, 6.45) is -0.642. The number of halogens is 2. The fourth-order valence-electron chi connectivity index (χ4n) is 4.35. The Balaban J connectivity index is 1.41. The van der Waals surface area contributed by atoms with E-state index in [0.29, 0.717) is 35.6 Å². The number of amides is 1. The molecule has 6 heterocycles. The average molecular weight is 476 g/mol. The zero-order valence-electron chi connectivity index (χ0n) is 18.4. The number of carbonyl (C=O) groups is 1. The molecule has 176 valence electrons. The molecule has 0 saturated carbocycles. The molecule has 0 radical (unpaired) electrons. The Bertz CT molecular complexity index is 1560. The van der Waals surface area contributed by atoms with E-state index in [9.17, 15) is 13.6 Å². The van der Waals surface area contributed by atoms with Crippen LogP contribution in [-0.2, 0) is 6.42 Å². The summed E-state index contributed by atoms with van der Waals surface area (Å²) < 4.78 is 34.0. The van der Waals surface area contributed by atoms with E-state index in [2.05, 4.69) is 30.2 Å². The standard InChI is InChI=1S/C23H18F2N8O2/c1-12-4-2-6-15(28-12)21-29-30-22(35-21)23(34)32-9-8-14-18(27-11-26-14)19(32)16-10-13-5-3-7-17(20(24)25)33(13)31-16/h2-7,10-11,19-20H,8-9H2,1H3,(H,26,27). The van der Waals surface area contributed by atoms with Crippen molar-refractivity contribution in [3.8, 4) is 11.6 Å². The van der Waals surface area contributed by atoms with Gasteiger partial charge in [-0.3, -0.25) is 4.79 Å². The molecule has 0 aliphatic carbocycles. The molecule has 0 aromatic carbocycles. The summed E-state index contributed by atoms with van der Waals surface area (Å²) in [4.78, 5) is 26.9. The monoisotopic (exact) mass is 476 g/mol. The van der Waals surface area contributed by atoms with Crippen LogP contribution in [0.2, 0.25) is 0 Å². The molecule has 1 atom stereocenters. The van der Waals surface area contributed by atoms with E-state index in [-0.39, 0.29) is 17.5 Å². The number of hydrogen-bond acceptors (Lipinski definition) is 7. The third-order valence-corrected chi connectivity index (χ3v) is 5.94. The Hall–Kier alpha value is -4.48. The molecule has 0 spiro atoms. The Kier molecular flexibility index (Phi) is 4.87. The number of nitrogens with one attached hydrogen (secondary N) is 1. The molecule has 10 nitrogen and oxygen atoms in total. The molecule has 1 N–H and O–H groups in total. The van der Waals surface area contributed by atoms with Crippen molar-refractivity contribution in [3.63, 3.8) is 0 Å². The minimum Gasteiger partial charge on any atom is -0.411 e. The van der Waals surface area contributed by atoms with Gasteiger partial charge in [0.25, 0.3) is 12.3 Å². The number of aromatic nitrogens is 7. The maximum atomic E-state index is 13.6. The molecule has 35 heavy (non-hydrogen) atoms. The van der Waals surface area contributed by atoms with E-state index < -0.39 is 18.4 Å². The minimum atomic E-state index is -2.71. The van der Waals surface area contributed by atoms with Crippen molar-refractivity contribution < 1.29 is 18.0 Å². The second kappa shape index (κ2) is 8.08. The van der Waals surface area contributed by atoms with Crippen LogP contribution in [0.25, 0.3) is 17.1 Å². The van der Waals surface area contributed by atoms with Gasteiger partial charge in [-0.2, -0.15) is 5.10 Å². The molecule has 0 fully saturated rings. The fraction of sp³-hybridized carbons (Fsp3) is 0.217. The molecule has 1 aliphatic heterocycles. The van der Waals surface area contributed by atoms with Crippen LogP contribution in [-0.4, -0.2) is 52.1 Å². The van der Waals surface area contributed by atoms with Crippen LogP contribution in [0.4, 0.5) is 8.78 Å². The lowest BCUT2D eigenvalue weighted by Crippen LogP contribution is -2.41. The summed E-state index contributed by atoms with van der Waals surface area (Å²) in [5.41, 5.74) is 3.31. The first kappa shape index (κ1) is 21.1. The van der Waals surface area contributed by atoms with Gasteiger partial charge in [0.15, 0.2) is 0 Å². The first-order chi connectivity index (χ1) is 17.0. The average Bonchev–Trinajstić information content (AvgIpc) is 3.61. The summed E-state index contributed by atoms with van der Waals surface area (Å²) in [5, 5.41) is 12.4. The number of fused-ring (bicyclic) bond motifs is 2. The van der Waals surface area contributed by atoms with Crippen molar-refractivity contribution in [2.45, 2.75) is 25.8 Å². The highest BCUT2D eigenvalue weighted by Gasteiger charge is 2.38. The molecule has 0 bridgehead atoms. The second-order valence-electron chi connectivity index (χ2n) is 8.15. The summed E-state index contributed by atoms with van der Waals surface area (Å²) in [6, 6.07) is 10.9. The number of rotatable bonds is 4. The highest BCUT2D eigenvalue weighted by Crippen LogP contribution is 2.35. The van der Waals surface area contributed by atoms with Gasteiger partial charge in [0.05, 0.1) is 23.2 Å². The zero-order valence-corrected chi connectivity index (χ0v) is 18.4. The number of imidazole rings is 1. The van der Waals surface area contributed by atoms with Crippen molar-refractivity contribution >= 4 is 11.4 Å². The number of hydrogen-bond donors (Lipinski definition) is 1. The first-order valence-electron chi connectivity index (χ1n) is 10.9. The predicted octanol–water partition coefficient (Wildman–Crippen LogP) is 3.54. The molecule has 12 heteroatoms. The molecule has 1 unspecified atom stereocenters. The topological polar surface area (TPSA) is 118 Å². The summed E-state index contributed by atoms with van der Waals surface area (Å²) >= 11 is 0. The Morgan fingerprint density at radius 3 is 2.89 bits per heavy atom. The maximum absolute atomic E-state index is 13.6. The number of aromatic amines is 1. The second-order valence-corrected chi connectivity index (χ2v) is 8.15. The summed E-state index contributed by atoms with van der Waals surface area (Å²) in [5.74, 6) is -0.592. The SMILES string of the molecule is Cc1cccc(-c2nnc(C(=O)N3CCc4[nH]cnc4C3c3cc4cccc(C(F)F)n4n3)o2)n1. The van der Waals surface area contributed by atoms with Gasteiger partial charge in [-0.1, -0.05) is 12.1 Å². The number of alkyl halides is 2. The smallest absolute Gasteiger partial charge is 0.312 e. The number of H-pyrrole nitrogens is 1. The molecular weight excluding hydrogens is 458 g/mol. The van der Waals surface area contributed by atoms with Gasteiger partial charge in [0.1, 0.15) is 17.4 Å². The molecule has 1 amide bonds. The van der Waals surface area contributed by atoms with E-state index in [1.54, 1.807) is 36.7 Å². The van der Waals surface area contributed by atoms with E-state index in [4.69, 9.17) is 4.42 Å². The first-order valence-corrected chi connectivity index (χ1v) is 10.9. The Morgan fingerprint density at radius 1 is 1.20 bits per heavy atom. The van der Waals surface area contributed by atoms with Gasteiger partial charge in [0.2, 0.25) is 0 Å². The van der Waals surface area contributed by atoms with Crippen molar-refractivity contribution in [1.82, 2.24) is 39.7 Å². The number of nitrogens with zero attached hydrogens (tertiary/aromatic N) is 7. The lowest BCUT2D eigenvalue weighted by atomic mass is 9.99. The Morgan fingerprint density at radius 2 is 2.06 bits per heavy atom. The maximum Gasteiger partial charge on any atom is 0.312 e. The van der Waals surface area contributed by atoms with Gasteiger partial charge < -0.3 is 14.3 Å². The minimum absolute atomic E-state index is 0.125. The van der Waals surface area contributed by atoms with Crippen molar-refractivity contribution in [2.75, 3.05) is 6.54 Å². The largest absolute Gasteiger partial charge is 0.411 e. The van der Waals surface area contributed by atoms with Crippen molar-refractivity contribution in [2.24, 2.45) is 0 Å². The van der Waals surface area contributed by atoms with Crippen molar-refractivity contribution in [3.05, 3.63) is 83.2 Å². The van der Waals surface area contributed by atoms with Gasteiger partial charge in [0, 0.05) is 24.4 Å². The molecule has 6 rings (SSSR count). The number of pyridine rings is 2. The third kappa shape index (κ3) is 3.54. The lowest BCUT2D eigenvalue weighted by molar-refractivity contribution is 0.0646. The normalized spacial score (nSPS) is 15.7. The zero-order chi connectivity index (χ0) is 24.1. The van der Waals surface area contributed by atoms with Crippen LogP contribution in [0, 0.1) is 6.92 Å². The van der Waals surface area contributed by atoms with Crippen LogP contribution >= 0.6 is 0 Å². The quantitative estimate of drug-likeness (QED) is 0.422. The molecule has 1 aliphatic rings. The van der Waals surface area contributed by atoms with Crippen LogP contribution in [0.3, 0.4) is 0 Å². The molecular formula is C23H18F2N8O2. The highest BCUT2D eigenvalue weighted by molar-refractivity contribution is 5.90. The fourth-order valence-corrected chi connectivity index (χ4v) is 4.35. The van der Waals surface area contributed by atoms with Crippen LogP contribution in [0.5, 0.6) is 0 Å². The van der Waals surface area contributed by atoms with E-state index in [1.807, 2.05) is 13.0 Å². The number of carbonyl (C=O) groups excluding carboxylic acids is 1. The van der Waals surface area contributed by atoms with E-state index in [1.165, 1.54) is 15.5 Å². The number of aryl methyl sites for hydroxylation is 1. The van der Waals surface area contributed by atoms with Crippen molar-refractivity contribution in [1.29, 1.82) is 0 Å². The van der Waals surface area contributed by atoms with Crippen LogP contribution < -0.4 is 0 Å². The van der Waals surface area contributed by atoms with Gasteiger partial charge >= 0.3 is 11.8 Å². The predicted molar refractivity (Wildman–Crippen MR) is 118 cm³/mol. The van der Waals surface area contributed by atoms with Gasteiger partial charge in [-0.25, -0.2) is 23.3 Å². The molecule has 0 saturated heterocycles. The molecule has 5 aromatic rings. The van der Waals surface area contributed by atoms with Crippen LogP contribution in [0.1, 0.15) is 51.6 Å². The summed E-state index contributed by atoms with van der Waals surface area (Å²) in [7, 11) is 0.